The van der Waals surface area contributed by atoms with E-state index in [9.17, 15) is 14.7 Å². The predicted molar refractivity (Wildman–Crippen MR) is 63.2 cm³/mol. The molecule has 0 aliphatic heterocycles. The van der Waals surface area contributed by atoms with Crippen molar-refractivity contribution in [3.8, 4) is 0 Å². The van der Waals surface area contributed by atoms with E-state index in [-0.39, 0.29) is 5.78 Å². The van der Waals surface area contributed by atoms with Crippen LogP contribution in [0.2, 0.25) is 0 Å². The van der Waals surface area contributed by atoms with Crippen LogP contribution in [0.4, 0.5) is 0 Å². The lowest BCUT2D eigenvalue weighted by Gasteiger charge is -2.09. The van der Waals surface area contributed by atoms with Crippen molar-refractivity contribution in [1.82, 2.24) is 0 Å². The summed E-state index contributed by atoms with van der Waals surface area (Å²) in [5.74, 6) is -0.551. The van der Waals surface area contributed by atoms with E-state index in [4.69, 9.17) is 0 Å². The number of carboxylic acids is 1. The minimum atomic E-state index is -1.14. The monoisotopic (exact) mass is 253 g/mol. The first-order chi connectivity index (χ1) is 7.99. The van der Waals surface area contributed by atoms with Gasteiger partial charge in [0, 0.05) is 11.3 Å². The molecule has 5 heteroatoms. The van der Waals surface area contributed by atoms with Crippen molar-refractivity contribution in [1.29, 1.82) is 0 Å². The first-order valence-electron chi connectivity index (χ1n) is 5.24. The highest BCUT2D eigenvalue weighted by molar-refractivity contribution is 8.00. The van der Waals surface area contributed by atoms with E-state index in [1.807, 2.05) is 24.3 Å². The Labute approximate surface area is 104 Å². The normalized spacial score (nSPS) is 12.1. The van der Waals surface area contributed by atoms with Crippen LogP contribution in [-0.2, 0) is 16.0 Å². The fraction of sp³-hybridized carbons (Fsp3) is 0.333. The van der Waals surface area contributed by atoms with Crippen LogP contribution in [0.5, 0.6) is 0 Å². The molecule has 0 spiro atoms. The van der Waals surface area contributed by atoms with Gasteiger partial charge in [-0.05, 0) is 24.6 Å². The van der Waals surface area contributed by atoms with E-state index >= 15 is 0 Å². The van der Waals surface area contributed by atoms with Crippen LogP contribution in [-0.4, -0.2) is 23.5 Å². The lowest BCUT2D eigenvalue weighted by molar-refractivity contribution is -0.437. The molecule has 0 radical (unpaired) electrons. The van der Waals surface area contributed by atoms with Gasteiger partial charge in [0.2, 0.25) is 0 Å². The molecule has 0 unspecified atom stereocenters. The van der Waals surface area contributed by atoms with Gasteiger partial charge in [0.25, 0.3) is 0 Å². The van der Waals surface area contributed by atoms with Gasteiger partial charge in [-0.3, -0.25) is 4.79 Å². The summed E-state index contributed by atoms with van der Waals surface area (Å²) in [6.45, 7) is 1.55. The maximum Gasteiger partial charge on any atom is 0.140 e. The van der Waals surface area contributed by atoms with Crippen molar-refractivity contribution in [2.45, 2.75) is 24.3 Å². The molecular weight excluding hydrogens is 238 g/mol. The maximum atomic E-state index is 10.8. The number of quaternary nitrogens is 1. The third-order valence-corrected chi connectivity index (χ3v) is 3.34. The number of Topliss-reactive ketones (excluding diaryl/α,β-unsaturated/α-hetero) is 1. The Morgan fingerprint density at radius 3 is 2.41 bits per heavy atom. The molecular formula is C12H15NO3S. The number of aliphatic carboxylic acids is 1. The summed E-state index contributed by atoms with van der Waals surface area (Å²) in [5.41, 5.74) is 4.41. The second-order valence-electron chi connectivity index (χ2n) is 3.85. The summed E-state index contributed by atoms with van der Waals surface area (Å²) in [4.78, 5) is 22.3. The zero-order valence-electron chi connectivity index (χ0n) is 9.64. The first kappa shape index (κ1) is 13.7. The van der Waals surface area contributed by atoms with Gasteiger partial charge in [-0.25, -0.2) is 0 Å². The summed E-state index contributed by atoms with van der Waals surface area (Å²) < 4.78 is 0. The lowest BCUT2D eigenvalue weighted by Crippen LogP contribution is -2.69. The Morgan fingerprint density at radius 1 is 1.35 bits per heavy atom. The average molecular weight is 253 g/mol. The molecule has 3 N–H and O–H groups in total. The molecule has 0 saturated heterocycles. The van der Waals surface area contributed by atoms with Gasteiger partial charge in [0.1, 0.15) is 11.8 Å². The Morgan fingerprint density at radius 2 is 1.94 bits per heavy atom. The van der Waals surface area contributed by atoms with E-state index < -0.39 is 12.0 Å². The number of thioether (sulfide) groups is 1. The molecule has 1 atom stereocenters. The average Bonchev–Trinajstić information content (AvgIpc) is 2.28. The Balaban J connectivity index is 2.55. The highest BCUT2D eigenvalue weighted by Crippen LogP contribution is 2.18. The largest absolute Gasteiger partial charge is 0.544 e. The highest BCUT2D eigenvalue weighted by atomic mass is 32.2. The van der Waals surface area contributed by atoms with E-state index in [1.54, 1.807) is 6.92 Å². The molecule has 0 aromatic heterocycles. The standard InChI is InChI=1S/C12H15NO3S/c1-8(14)7-17-10-4-2-9(3-5-10)6-11(13)12(15)16/h2-5,11H,6-7,13H2,1H3,(H,15,16)/t11-/m0/s1. The van der Waals surface area contributed by atoms with Gasteiger partial charge in [-0.2, -0.15) is 0 Å². The van der Waals surface area contributed by atoms with Gasteiger partial charge in [-0.15, -0.1) is 11.8 Å². The molecule has 0 saturated carbocycles. The maximum absolute atomic E-state index is 10.8. The van der Waals surface area contributed by atoms with Crippen LogP contribution in [0, 0.1) is 0 Å². The number of benzene rings is 1. The third kappa shape index (κ3) is 5.01. The van der Waals surface area contributed by atoms with Gasteiger partial charge in [-0.1, -0.05) is 12.1 Å². The van der Waals surface area contributed by atoms with Crippen LogP contribution < -0.4 is 10.8 Å². The highest BCUT2D eigenvalue weighted by Gasteiger charge is 2.08. The van der Waals surface area contributed by atoms with Gasteiger partial charge < -0.3 is 15.6 Å². The number of carboxylic acid groups (broad SMARTS) is 1. The van der Waals surface area contributed by atoms with Crippen molar-refractivity contribution >= 4 is 23.5 Å². The van der Waals surface area contributed by atoms with E-state index in [1.165, 1.54) is 11.8 Å². The molecule has 0 aliphatic carbocycles. The fourth-order valence-corrected chi connectivity index (χ4v) is 1.97. The second kappa shape index (κ2) is 6.42. The fourth-order valence-electron chi connectivity index (χ4n) is 1.27. The molecule has 0 amide bonds. The molecule has 0 aliphatic rings. The minimum absolute atomic E-state index is 0.133. The number of ketones is 1. The number of hydrogen-bond donors (Lipinski definition) is 1. The third-order valence-electron chi connectivity index (χ3n) is 2.18. The quantitative estimate of drug-likeness (QED) is 0.677. The number of hydrogen-bond acceptors (Lipinski definition) is 4. The first-order valence-corrected chi connectivity index (χ1v) is 6.22. The number of rotatable bonds is 6. The zero-order valence-corrected chi connectivity index (χ0v) is 10.5. The van der Waals surface area contributed by atoms with Crippen LogP contribution in [0.1, 0.15) is 12.5 Å². The van der Waals surface area contributed by atoms with Crippen LogP contribution in [0.25, 0.3) is 0 Å². The summed E-state index contributed by atoms with van der Waals surface area (Å²) in [6.07, 6.45) is 0.361. The molecule has 0 heterocycles. The smallest absolute Gasteiger partial charge is 0.140 e. The SMILES string of the molecule is CC(=O)CSc1ccc(C[C@H]([NH3+])C(=O)[O-])cc1. The second-order valence-corrected chi connectivity index (χ2v) is 4.90. The van der Waals surface area contributed by atoms with Crippen LogP contribution in [0.3, 0.4) is 0 Å². The summed E-state index contributed by atoms with van der Waals surface area (Å²) in [7, 11) is 0. The summed E-state index contributed by atoms with van der Waals surface area (Å²) >= 11 is 1.47. The van der Waals surface area contributed by atoms with Crippen molar-refractivity contribution in [2.75, 3.05) is 5.75 Å². The van der Waals surface area contributed by atoms with Crippen LogP contribution >= 0.6 is 11.8 Å². The zero-order chi connectivity index (χ0) is 12.8. The van der Waals surface area contributed by atoms with Crippen molar-refractivity contribution in [2.24, 2.45) is 0 Å². The predicted octanol–water partition coefficient (Wildman–Crippen LogP) is -0.729. The summed E-state index contributed by atoms with van der Waals surface area (Å²) in [5, 5.41) is 10.5. The molecule has 0 bridgehead atoms. The molecule has 17 heavy (non-hydrogen) atoms. The molecule has 1 rings (SSSR count). The van der Waals surface area contributed by atoms with Crippen molar-refractivity contribution < 1.29 is 20.4 Å². The number of carbonyl (C=O) groups excluding carboxylic acids is 2. The van der Waals surface area contributed by atoms with Crippen molar-refractivity contribution in [3.05, 3.63) is 29.8 Å². The Hall–Kier alpha value is -1.33. The van der Waals surface area contributed by atoms with E-state index in [0.717, 1.165) is 10.5 Å². The van der Waals surface area contributed by atoms with E-state index in [2.05, 4.69) is 5.73 Å². The number of carbonyl (C=O) groups is 2. The van der Waals surface area contributed by atoms with Gasteiger partial charge in [0.15, 0.2) is 0 Å². The topological polar surface area (TPSA) is 84.8 Å². The molecule has 1 aromatic carbocycles. The Kier molecular flexibility index (Phi) is 5.18. The molecule has 0 fully saturated rings. The van der Waals surface area contributed by atoms with Crippen molar-refractivity contribution in [3.63, 3.8) is 0 Å². The molecule has 1 aromatic rings. The minimum Gasteiger partial charge on any atom is -0.544 e. The Bertz CT molecular complexity index is 403. The molecule has 4 nitrogen and oxygen atoms in total. The van der Waals surface area contributed by atoms with Gasteiger partial charge >= 0.3 is 0 Å². The van der Waals surface area contributed by atoms with E-state index in [0.29, 0.717) is 12.2 Å². The summed E-state index contributed by atoms with van der Waals surface area (Å²) in [6, 6.07) is 6.73. The van der Waals surface area contributed by atoms with Gasteiger partial charge in [0.05, 0.1) is 11.7 Å². The molecule has 92 valence electrons. The van der Waals surface area contributed by atoms with Crippen LogP contribution in [0.15, 0.2) is 29.2 Å². The lowest BCUT2D eigenvalue weighted by atomic mass is 10.1.